The molecule has 1 aliphatic carbocycles. The molecule has 0 unspecified atom stereocenters. The Morgan fingerprint density at radius 3 is 2.92 bits per heavy atom. The normalized spacial score (nSPS) is 17.5. The zero-order valence-electron chi connectivity index (χ0n) is 7.32. The number of nitrogens with zero attached hydrogens (tertiary/aromatic N) is 1. The summed E-state index contributed by atoms with van der Waals surface area (Å²) in [5.41, 5.74) is 2.24. The fourth-order valence-electron chi connectivity index (χ4n) is 1.65. The van der Waals surface area contributed by atoms with Crippen molar-refractivity contribution >= 4 is 17.2 Å². The van der Waals surface area contributed by atoms with Gasteiger partial charge in [-0.15, -0.1) is 11.3 Å². The third-order valence-corrected chi connectivity index (χ3v) is 2.94. The lowest BCUT2D eigenvalue weighted by Crippen LogP contribution is -2.32. The highest BCUT2D eigenvalue weighted by Gasteiger charge is 2.18. The van der Waals surface area contributed by atoms with E-state index in [1.807, 2.05) is 0 Å². The second-order valence-corrected chi connectivity index (χ2v) is 4.05. The van der Waals surface area contributed by atoms with Crippen molar-refractivity contribution in [1.29, 1.82) is 0 Å². The summed E-state index contributed by atoms with van der Waals surface area (Å²) in [5, 5.41) is 4.77. The van der Waals surface area contributed by atoms with Crippen LogP contribution in [0.1, 0.15) is 36.2 Å². The van der Waals surface area contributed by atoms with Gasteiger partial charge in [-0.1, -0.05) is 12.8 Å². The highest BCUT2D eigenvalue weighted by atomic mass is 32.1. The van der Waals surface area contributed by atoms with Gasteiger partial charge in [0.05, 0.1) is 5.51 Å². The van der Waals surface area contributed by atoms with E-state index in [9.17, 15) is 4.79 Å². The molecule has 0 atom stereocenters. The summed E-state index contributed by atoms with van der Waals surface area (Å²) < 4.78 is 0. The van der Waals surface area contributed by atoms with Crippen LogP contribution in [-0.2, 0) is 0 Å². The van der Waals surface area contributed by atoms with Gasteiger partial charge in [0.25, 0.3) is 5.91 Å². The lowest BCUT2D eigenvalue weighted by atomic mass is 10.2. The van der Waals surface area contributed by atoms with Crippen LogP contribution in [0.2, 0.25) is 0 Å². The molecule has 2 rings (SSSR count). The highest BCUT2D eigenvalue weighted by Crippen LogP contribution is 2.18. The van der Waals surface area contributed by atoms with Gasteiger partial charge in [0.2, 0.25) is 0 Å². The molecule has 1 saturated carbocycles. The average molecular weight is 196 g/mol. The number of amides is 1. The number of thiazole rings is 1. The Bertz CT molecular complexity index is 278. The van der Waals surface area contributed by atoms with Gasteiger partial charge in [0, 0.05) is 11.4 Å². The van der Waals surface area contributed by atoms with Gasteiger partial charge < -0.3 is 5.32 Å². The lowest BCUT2D eigenvalue weighted by molar-refractivity contribution is 0.0933. The lowest BCUT2D eigenvalue weighted by Gasteiger charge is -2.09. The van der Waals surface area contributed by atoms with Gasteiger partial charge in [-0.05, 0) is 12.8 Å². The van der Waals surface area contributed by atoms with Crippen LogP contribution in [0.25, 0.3) is 0 Å². The smallest absolute Gasteiger partial charge is 0.270 e. The van der Waals surface area contributed by atoms with Crippen LogP contribution in [0.4, 0.5) is 0 Å². The first-order valence-electron chi connectivity index (χ1n) is 4.55. The van der Waals surface area contributed by atoms with E-state index in [1.54, 1.807) is 10.9 Å². The summed E-state index contributed by atoms with van der Waals surface area (Å²) in [6, 6.07) is 0.384. The molecule has 0 saturated heterocycles. The first kappa shape index (κ1) is 8.69. The maximum absolute atomic E-state index is 11.5. The van der Waals surface area contributed by atoms with Gasteiger partial charge in [0.1, 0.15) is 5.69 Å². The zero-order valence-corrected chi connectivity index (χ0v) is 8.14. The van der Waals surface area contributed by atoms with E-state index in [-0.39, 0.29) is 5.91 Å². The minimum atomic E-state index is -0.0202. The number of aromatic nitrogens is 1. The van der Waals surface area contributed by atoms with Crippen LogP contribution in [0.15, 0.2) is 10.9 Å². The van der Waals surface area contributed by atoms with Gasteiger partial charge in [-0.25, -0.2) is 4.98 Å². The molecule has 0 aliphatic heterocycles. The molecule has 3 nitrogen and oxygen atoms in total. The Morgan fingerprint density at radius 2 is 2.31 bits per heavy atom. The van der Waals surface area contributed by atoms with Gasteiger partial charge in [-0.3, -0.25) is 4.79 Å². The molecule has 1 N–H and O–H groups in total. The van der Waals surface area contributed by atoms with Crippen molar-refractivity contribution in [3.8, 4) is 0 Å². The first-order valence-corrected chi connectivity index (χ1v) is 5.49. The molecule has 1 heterocycles. The molecule has 1 aromatic rings. The number of carbonyl (C=O) groups is 1. The van der Waals surface area contributed by atoms with Crippen molar-refractivity contribution in [2.24, 2.45) is 0 Å². The van der Waals surface area contributed by atoms with Crippen LogP contribution in [0.3, 0.4) is 0 Å². The quantitative estimate of drug-likeness (QED) is 0.784. The van der Waals surface area contributed by atoms with Crippen LogP contribution in [0.5, 0.6) is 0 Å². The summed E-state index contributed by atoms with van der Waals surface area (Å²) in [4.78, 5) is 15.5. The number of carbonyl (C=O) groups excluding carboxylic acids is 1. The van der Waals surface area contributed by atoms with E-state index in [1.165, 1.54) is 24.2 Å². The Balaban J connectivity index is 1.91. The fraction of sp³-hybridized carbons (Fsp3) is 0.556. The molecule has 13 heavy (non-hydrogen) atoms. The third-order valence-electron chi connectivity index (χ3n) is 2.36. The number of nitrogens with one attached hydrogen (secondary N) is 1. The molecule has 4 heteroatoms. The highest BCUT2D eigenvalue weighted by molar-refractivity contribution is 7.07. The number of rotatable bonds is 2. The second kappa shape index (κ2) is 3.87. The molecular formula is C9H12N2OS. The summed E-state index contributed by atoms with van der Waals surface area (Å²) in [5.74, 6) is -0.0202. The van der Waals surface area contributed by atoms with Crippen molar-refractivity contribution in [3.63, 3.8) is 0 Å². The second-order valence-electron chi connectivity index (χ2n) is 3.33. The predicted octanol–water partition coefficient (Wildman–Crippen LogP) is 1.82. The van der Waals surface area contributed by atoms with Crippen molar-refractivity contribution in [1.82, 2.24) is 10.3 Å². The van der Waals surface area contributed by atoms with Crippen LogP contribution in [-0.4, -0.2) is 16.9 Å². The van der Waals surface area contributed by atoms with E-state index in [0.29, 0.717) is 11.7 Å². The molecule has 0 spiro atoms. The van der Waals surface area contributed by atoms with Gasteiger partial charge >= 0.3 is 0 Å². The topological polar surface area (TPSA) is 42.0 Å². The summed E-state index contributed by atoms with van der Waals surface area (Å²) in [6.07, 6.45) is 4.72. The van der Waals surface area contributed by atoms with E-state index in [2.05, 4.69) is 10.3 Å². The average Bonchev–Trinajstić information content (AvgIpc) is 2.74. The standard InChI is InChI=1S/C9H12N2OS/c12-9(8-5-13-6-10-8)11-7-3-1-2-4-7/h5-7H,1-4H2,(H,11,12). The molecule has 1 aliphatic rings. The molecule has 0 radical (unpaired) electrons. The van der Waals surface area contributed by atoms with E-state index >= 15 is 0 Å². The number of hydrogen-bond acceptors (Lipinski definition) is 3. The third kappa shape index (κ3) is 2.06. The van der Waals surface area contributed by atoms with E-state index in [0.717, 1.165) is 12.8 Å². The predicted molar refractivity (Wildman–Crippen MR) is 51.8 cm³/mol. The molecular weight excluding hydrogens is 184 g/mol. The maximum atomic E-state index is 11.5. The SMILES string of the molecule is O=C(NC1CCCC1)c1cscn1. The molecule has 1 amide bonds. The van der Waals surface area contributed by atoms with Crippen molar-refractivity contribution in [2.45, 2.75) is 31.7 Å². The Hall–Kier alpha value is -0.900. The number of hydrogen-bond donors (Lipinski definition) is 1. The van der Waals surface area contributed by atoms with Crippen LogP contribution in [0, 0.1) is 0 Å². The van der Waals surface area contributed by atoms with E-state index < -0.39 is 0 Å². The summed E-state index contributed by atoms with van der Waals surface area (Å²) >= 11 is 1.45. The van der Waals surface area contributed by atoms with Crippen molar-refractivity contribution < 1.29 is 4.79 Å². The van der Waals surface area contributed by atoms with Crippen LogP contribution >= 0.6 is 11.3 Å². The Labute approximate surface area is 81.2 Å². The van der Waals surface area contributed by atoms with E-state index in [4.69, 9.17) is 0 Å². The fourth-order valence-corrected chi connectivity index (χ4v) is 2.19. The largest absolute Gasteiger partial charge is 0.348 e. The molecule has 1 fully saturated rings. The first-order chi connectivity index (χ1) is 6.36. The monoisotopic (exact) mass is 196 g/mol. The van der Waals surface area contributed by atoms with Crippen molar-refractivity contribution in [3.05, 3.63) is 16.6 Å². The Kier molecular flexibility index (Phi) is 2.59. The summed E-state index contributed by atoms with van der Waals surface area (Å²) in [6.45, 7) is 0. The maximum Gasteiger partial charge on any atom is 0.270 e. The molecule has 0 aromatic carbocycles. The molecule has 1 aromatic heterocycles. The van der Waals surface area contributed by atoms with Gasteiger partial charge in [0.15, 0.2) is 0 Å². The molecule has 0 bridgehead atoms. The molecule has 70 valence electrons. The van der Waals surface area contributed by atoms with Crippen LogP contribution < -0.4 is 5.32 Å². The minimum absolute atomic E-state index is 0.0202. The Morgan fingerprint density at radius 1 is 1.54 bits per heavy atom. The zero-order chi connectivity index (χ0) is 9.10. The summed E-state index contributed by atoms with van der Waals surface area (Å²) in [7, 11) is 0. The minimum Gasteiger partial charge on any atom is -0.348 e. The van der Waals surface area contributed by atoms with Crippen molar-refractivity contribution in [2.75, 3.05) is 0 Å². The van der Waals surface area contributed by atoms with Gasteiger partial charge in [-0.2, -0.15) is 0 Å².